The number of rotatable bonds is 5. The summed E-state index contributed by atoms with van der Waals surface area (Å²) < 4.78 is 31.0. The van der Waals surface area contributed by atoms with E-state index in [0.717, 1.165) is 19.2 Å². The van der Waals surface area contributed by atoms with Gasteiger partial charge in [-0.3, -0.25) is 0 Å². The molecule has 112 valence electrons. The number of hydrogen-bond acceptors (Lipinski definition) is 4. The summed E-state index contributed by atoms with van der Waals surface area (Å²) >= 11 is 10.3. The van der Waals surface area contributed by atoms with Crippen LogP contribution in [0.15, 0.2) is 25.6 Å². The molecule has 0 amide bonds. The lowest BCUT2D eigenvalue weighted by Gasteiger charge is -2.13. The molecule has 1 aliphatic rings. The Balaban J connectivity index is 1.80. The zero-order valence-corrected chi connectivity index (χ0v) is 16.1. The fraction of sp³-hybridized carbons (Fsp3) is 0.500. The van der Waals surface area contributed by atoms with Gasteiger partial charge in [-0.25, -0.2) is 8.42 Å². The lowest BCUT2D eigenvalue weighted by Crippen LogP contribution is -2.33. The number of nitrogens with one attached hydrogen (secondary N) is 1. The van der Waals surface area contributed by atoms with E-state index in [1.165, 1.54) is 0 Å². The third-order valence-corrected chi connectivity index (χ3v) is 6.38. The van der Waals surface area contributed by atoms with E-state index in [0.29, 0.717) is 19.6 Å². The lowest BCUT2D eigenvalue weighted by molar-refractivity contribution is 0.304. The number of sulfone groups is 1. The smallest absolute Gasteiger partial charge is 0.151 e. The molecule has 1 atom stereocenters. The van der Waals surface area contributed by atoms with Crippen LogP contribution >= 0.6 is 47.8 Å². The molecular weight excluding hydrogens is 478 g/mol. The first-order valence-corrected chi connectivity index (χ1v) is 10.3. The third kappa shape index (κ3) is 4.69. The van der Waals surface area contributed by atoms with Crippen molar-refractivity contribution < 1.29 is 13.2 Å². The Kier molecular flexibility index (Phi) is 5.93. The molecule has 8 heteroatoms. The Hall–Kier alpha value is 0.370. The minimum absolute atomic E-state index is 0.0559. The lowest BCUT2D eigenvalue weighted by atomic mass is 10.3. The predicted molar refractivity (Wildman–Crippen MR) is 90.1 cm³/mol. The second-order valence-corrected chi connectivity index (χ2v) is 9.45. The van der Waals surface area contributed by atoms with Crippen LogP contribution in [-0.2, 0) is 9.84 Å². The summed E-state index contributed by atoms with van der Waals surface area (Å²) in [6.07, 6.45) is 0.688. The van der Waals surface area contributed by atoms with Crippen LogP contribution in [0.3, 0.4) is 0 Å². The van der Waals surface area contributed by atoms with Gasteiger partial charge in [0.05, 0.1) is 20.5 Å². The monoisotopic (exact) mass is 489 g/mol. The Morgan fingerprint density at radius 3 is 2.45 bits per heavy atom. The van der Waals surface area contributed by atoms with Crippen LogP contribution in [0.4, 0.5) is 0 Å². The Bertz CT molecular complexity index is 569. The predicted octanol–water partition coefficient (Wildman–Crippen LogP) is 3.13. The Morgan fingerprint density at radius 2 is 1.90 bits per heavy atom. The molecular formula is C12H14Br3NO3S. The Labute approximate surface area is 144 Å². The normalized spacial score (nSPS) is 21.1. The van der Waals surface area contributed by atoms with Crippen molar-refractivity contribution in [2.45, 2.75) is 12.5 Å². The number of ether oxygens (including phenoxy) is 1. The molecule has 0 bridgehead atoms. The van der Waals surface area contributed by atoms with Gasteiger partial charge in [-0.1, -0.05) is 15.9 Å². The fourth-order valence-corrected chi connectivity index (χ4v) is 6.23. The zero-order valence-electron chi connectivity index (χ0n) is 10.5. The van der Waals surface area contributed by atoms with Gasteiger partial charge in [-0.15, -0.1) is 0 Å². The highest BCUT2D eigenvalue weighted by atomic mass is 79.9. The number of benzene rings is 1. The van der Waals surface area contributed by atoms with Crippen LogP contribution < -0.4 is 10.1 Å². The van der Waals surface area contributed by atoms with Crippen molar-refractivity contribution in [1.29, 1.82) is 0 Å². The summed E-state index contributed by atoms with van der Waals surface area (Å²) in [6, 6.07) is 3.88. The molecule has 1 fully saturated rings. The van der Waals surface area contributed by atoms with E-state index in [1.807, 2.05) is 12.1 Å². The summed E-state index contributed by atoms with van der Waals surface area (Å²) in [4.78, 5) is 0. The van der Waals surface area contributed by atoms with Gasteiger partial charge in [-0.05, 0) is 50.4 Å². The van der Waals surface area contributed by atoms with Gasteiger partial charge in [0.2, 0.25) is 0 Å². The molecule has 1 aromatic rings. The minimum Gasteiger partial charge on any atom is -0.490 e. The van der Waals surface area contributed by atoms with E-state index in [9.17, 15) is 8.42 Å². The molecule has 1 aliphatic heterocycles. The van der Waals surface area contributed by atoms with Crippen LogP contribution in [0, 0.1) is 0 Å². The number of hydrogen-bond donors (Lipinski definition) is 1. The molecule has 0 radical (unpaired) electrons. The first kappa shape index (κ1) is 16.7. The van der Waals surface area contributed by atoms with Crippen LogP contribution in [0.5, 0.6) is 5.75 Å². The molecule has 1 aromatic carbocycles. The fourth-order valence-electron chi connectivity index (χ4n) is 2.04. The largest absolute Gasteiger partial charge is 0.490 e. The SMILES string of the molecule is O=S1(=O)CCC(NCCOc2c(Br)cc(Br)cc2Br)C1. The van der Waals surface area contributed by atoms with Crippen LogP contribution in [0.2, 0.25) is 0 Å². The van der Waals surface area contributed by atoms with Crippen molar-refractivity contribution in [3.63, 3.8) is 0 Å². The van der Waals surface area contributed by atoms with Crippen molar-refractivity contribution in [3.05, 3.63) is 25.6 Å². The topological polar surface area (TPSA) is 55.4 Å². The summed E-state index contributed by atoms with van der Waals surface area (Å²) in [5.41, 5.74) is 0. The molecule has 1 saturated heterocycles. The molecule has 0 aromatic heterocycles. The van der Waals surface area contributed by atoms with Gasteiger partial charge in [0.25, 0.3) is 0 Å². The van der Waals surface area contributed by atoms with E-state index in [4.69, 9.17) is 4.74 Å². The van der Waals surface area contributed by atoms with Crippen molar-refractivity contribution in [3.8, 4) is 5.75 Å². The Morgan fingerprint density at radius 1 is 1.25 bits per heavy atom. The average Bonchev–Trinajstić information content (AvgIpc) is 2.66. The summed E-state index contributed by atoms with van der Waals surface area (Å²) in [5.74, 6) is 1.27. The summed E-state index contributed by atoms with van der Waals surface area (Å²) in [6.45, 7) is 1.10. The molecule has 20 heavy (non-hydrogen) atoms. The minimum atomic E-state index is -2.83. The maximum Gasteiger partial charge on any atom is 0.151 e. The molecule has 0 aliphatic carbocycles. The summed E-state index contributed by atoms with van der Waals surface area (Å²) in [5, 5.41) is 3.21. The van der Waals surface area contributed by atoms with Crippen molar-refractivity contribution in [2.24, 2.45) is 0 Å². The highest BCUT2D eigenvalue weighted by Crippen LogP contribution is 2.36. The standard InChI is InChI=1S/C12H14Br3NO3S/c13-8-5-10(14)12(11(15)6-8)19-3-2-16-9-1-4-20(17,18)7-9/h5-6,9,16H,1-4,7H2. The van der Waals surface area contributed by atoms with Gasteiger partial charge in [0.1, 0.15) is 12.4 Å². The third-order valence-electron chi connectivity index (χ3n) is 2.98. The molecule has 1 N–H and O–H groups in total. The molecule has 4 nitrogen and oxygen atoms in total. The van der Waals surface area contributed by atoms with Crippen LogP contribution in [0.1, 0.15) is 6.42 Å². The maximum absolute atomic E-state index is 11.3. The first-order valence-electron chi connectivity index (χ1n) is 6.08. The van der Waals surface area contributed by atoms with E-state index >= 15 is 0 Å². The second-order valence-electron chi connectivity index (χ2n) is 4.60. The van der Waals surface area contributed by atoms with E-state index in [1.54, 1.807) is 0 Å². The summed E-state index contributed by atoms with van der Waals surface area (Å²) in [7, 11) is -2.83. The van der Waals surface area contributed by atoms with Gasteiger partial charge in [0, 0.05) is 17.1 Å². The quantitative estimate of drug-likeness (QED) is 0.643. The highest BCUT2D eigenvalue weighted by molar-refractivity contribution is 9.11. The van der Waals surface area contributed by atoms with Crippen LogP contribution in [-0.4, -0.2) is 39.1 Å². The van der Waals surface area contributed by atoms with Gasteiger partial charge in [-0.2, -0.15) is 0 Å². The number of halogens is 3. The van der Waals surface area contributed by atoms with Crippen molar-refractivity contribution in [2.75, 3.05) is 24.7 Å². The molecule has 0 spiro atoms. The molecule has 1 heterocycles. The van der Waals surface area contributed by atoms with Gasteiger partial charge >= 0.3 is 0 Å². The van der Waals surface area contributed by atoms with Crippen molar-refractivity contribution >= 4 is 57.6 Å². The van der Waals surface area contributed by atoms with Crippen LogP contribution in [0.25, 0.3) is 0 Å². The first-order chi connectivity index (χ1) is 9.37. The second kappa shape index (κ2) is 7.09. The highest BCUT2D eigenvalue weighted by Gasteiger charge is 2.27. The van der Waals surface area contributed by atoms with E-state index in [-0.39, 0.29) is 17.5 Å². The van der Waals surface area contributed by atoms with E-state index < -0.39 is 9.84 Å². The zero-order chi connectivity index (χ0) is 14.8. The van der Waals surface area contributed by atoms with E-state index in [2.05, 4.69) is 53.1 Å². The van der Waals surface area contributed by atoms with Crippen molar-refractivity contribution in [1.82, 2.24) is 5.32 Å². The molecule has 2 rings (SSSR count). The van der Waals surface area contributed by atoms with Gasteiger partial charge in [0.15, 0.2) is 9.84 Å². The molecule has 0 saturated carbocycles. The maximum atomic E-state index is 11.3. The average molecular weight is 492 g/mol. The van der Waals surface area contributed by atoms with Gasteiger partial charge < -0.3 is 10.1 Å². The molecule has 1 unspecified atom stereocenters.